The summed E-state index contributed by atoms with van der Waals surface area (Å²) < 4.78 is 16.4. The molecular weight excluding hydrogens is 192 g/mol. The van der Waals surface area contributed by atoms with Gasteiger partial charge in [0.15, 0.2) is 6.29 Å². The molecule has 1 heterocycles. The van der Waals surface area contributed by atoms with E-state index in [1.807, 2.05) is 30.3 Å². The van der Waals surface area contributed by atoms with Crippen molar-refractivity contribution in [3.63, 3.8) is 0 Å². The predicted molar refractivity (Wildman–Crippen MR) is 56.9 cm³/mol. The van der Waals surface area contributed by atoms with Crippen molar-refractivity contribution in [1.29, 1.82) is 0 Å². The Labute approximate surface area is 90.0 Å². The van der Waals surface area contributed by atoms with Crippen molar-refractivity contribution in [3.8, 4) is 5.75 Å². The van der Waals surface area contributed by atoms with Gasteiger partial charge in [0.05, 0.1) is 19.8 Å². The number of hydrogen-bond acceptors (Lipinski definition) is 3. The molecule has 0 amide bonds. The van der Waals surface area contributed by atoms with Crippen molar-refractivity contribution in [2.75, 3.05) is 19.8 Å². The SMILES string of the molecule is c1ccc(OCCC2OCCCO2)cc1. The quantitative estimate of drug-likeness (QED) is 0.759. The molecule has 0 N–H and O–H groups in total. The number of rotatable bonds is 4. The minimum absolute atomic E-state index is 0.0811. The molecule has 82 valence electrons. The van der Waals surface area contributed by atoms with Crippen molar-refractivity contribution >= 4 is 0 Å². The number of para-hydroxylation sites is 1. The predicted octanol–water partition coefficient (Wildman–Crippen LogP) is 2.22. The van der Waals surface area contributed by atoms with E-state index in [2.05, 4.69) is 0 Å². The zero-order valence-corrected chi connectivity index (χ0v) is 8.72. The molecule has 0 bridgehead atoms. The first kappa shape index (κ1) is 10.5. The van der Waals surface area contributed by atoms with Gasteiger partial charge in [-0.05, 0) is 18.6 Å². The standard InChI is InChI=1S/C12H16O3/c1-2-5-11(6-3-1)13-10-7-12-14-8-4-9-15-12/h1-3,5-6,12H,4,7-10H2. The van der Waals surface area contributed by atoms with Crippen LogP contribution in [0.4, 0.5) is 0 Å². The van der Waals surface area contributed by atoms with Crippen molar-refractivity contribution < 1.29 is 14.2 Å². The molecule has 3 heteroatoms. The molecule has 1 saturated heterocycles. The molecular formula is C12H16O3. The largest absolute Gasteiger partial charge is 0.493 e. The lowest BCUT2D eigenvalue weighted by Gasteiger charge is -2.23. The van der Waals surface area contributed by atoms with Crippen LogP contribution in [0.2, 0.25) is 0 Å². The van der Waals surface area contributed by atoms with E-state index in [4.69, 9.17) is 14.2 Å². The molecule has 2 rings (SSSR count). The Bertz CT molecular complexity index is 267. The lowest BCUT2D eigenvalue weighted by Crippen LogP contribution is -2.26. The molecule has 3 nitrogen and oxygen atoms in total. The van der Waals surface area contributed by atoms with Gasteiger partial charge in [0.1, 0.15) is 5.75 Å². The zero-order chi connectivity index (χ0) is 10.3. The Morgan fingerprint density at radius 3 is 2.60 bits per heavy atom. The minimum Gasteiger partial charge on any atom is -0.493 e. The van der Waals surface area contributed by atoms with Crippen molar-refractivity contribution in [3.05, 3.63) is 30.3 Å². The molecule has 0 radical (unpaired) electrons. The first-order chi connectivity index (χ1) is 7.45. The second kappa shape index (κ2) is 5.73. The zero-order valence-electron chi connectivity index (χ0n) is 8.72. The smallest absolute Gasteiger partial charge is 0.160 e. The van der Waals surface area contributed by atoms with Crippen LogP contribution in [-0.2, 0) is 9.47 Å². The van der Waals surface area contributed by atoms with Crippen LogP contribution in [0.25, 0.3) is 0 Å². The van der Waals surface area contributed by atoms with Crippen LogP contribution in [0.3, 0.4) is 0 Å². The van der Waals surface area contributed by atoms with E-state index >= 15 is 0 Å². The second-order valence-corrected chi connectivity index (χ2v) is 3.47. The molecule has 1 aromatic carbocycles. The van der Waals surface area contributed by atoms with Gasteiger partial charge in [-0.15, -0.1) is 0 Å². The molecule has 1 aliphatic heterocycles. The molecule has 0 aromatic heterocycles. The summed E-state index contributed by atoms with van der Waals surface area (Å²) in [6.45, 7) is 2.24. The molecule has 1 aromatic rings. The third-order valence-corrected chi connectivity index (χ3v) is 2.26. The minimum atomic E-state index is -0.0811. The fraction of sp³-hybridized carbons (Fsp3) is 0.500. The third kappa shape index (κ3) is 3.53. The van der Waals surface area contributed by atoms with Gasteiger partial charge in [-0.25, -0.2) is 0 Å². The molecule has 0 atom stereocenters. The maximum atomic E-state index is 5.55. The van der Waals surface area contributed by atoms with Crippen LogP contribution >= 0.6 is 0 Å². The topological polar surface area (TPSA) is 27.7 Å². The van der Waals surface area contributed by atoms with Gasteiger partial charge in [-0.2, -0.15) is 0 Å². The van der Waals surface area contributed by atoms with E-state index in [0.29, 0.717) is 6.61 Å². The summed E-state index contributed by atoms with van der Waals surface area (Å²) in [7, 11) is 0. The Morgan fingerprint density at radius 2 is 1.87 bits per heavy atom. The van der Waals surface area contributed by atoms with E-state index in [1.54, 1.807) is 0 Å². The third-order valence-electron chi connectivity index (χ3n) is 2.26. The highest BCUT2D eigenvalue weighted by molar-refractivity contribution is 5.20. The summed E-state index contributed by atoms with van der Waals surface area (Å²) in [6, 6.07) is 9.79. The van der Waals surface area contributed by atoms with Gasteiger partial charge in [0, 0.05) is 6.42 Å². The van der Waals surface area contributed by atoms with Crippen LogP contribution in [0, 0.1) is 0 Å². The van der Waals surface area contributed by atoms with E-state index in [9.17, 15) is 0 Å². The van der Waals surface area contributed by atoms with E-state index in [0.717, 1.165) is 31.8 Å². The van der Waals surface area contributed by atoms with Gasteiger partial charge in [0.25, 0.3) is 0 Å². The first-order valence-electron chi connectivity index (χ1n) is 5.36. The molecule has 1 aliphatic rings. The molecule has 1 fully saturated rings. The number of ether oxygens (including phenoxy) is 3. The Balaban J connectivity index is 1.66. The van der Waals surface area contributed by atoms with Gasteiger partial charge in [0.2, 0.25) is 0 Å². The highest BCUT2D eigenvalue weighted by Crippen LogP contribution is 2.12. The molecule has 0 unspecified atom stereocenters. The summed E-state index contributed by atoms with van der Waals surface area (Å²) in [5.74, 6) is 0.897. The maximum absolute atomic E-state index is 5.55. The first-order valence-corrected chi connectivity index (χ1v) is 5.36. The molecule has 0 aliphatic carbocycles. The highest BCUT2D eigenvalue weighted by atomic mass is 16.7. The van der Waals surface area contributed by atoms with E-state index < -0.39 is 0 Å². The normalized spacial score (nSPS) is 17.6. The maximum Gasteiger partial charge on any atom is 0.160 e. The summed E-state index contributed by atoms with van der Waals surface area (Å²) in [6.07, 6.45) is 1.70. The monoisotopic (exact) mass is 208 g/mol. The van der Waals surface area contributed by atoms with Crippen molar-refractivity contribution in [2.45, 2.75) is 19.1 Å². The Morgan fingerprint density at radius 1 is 1.13 bits per heavy atom. The summed E-state index contributed by atoms with van der Waals surface area (Å²) >= 11 is 0. The molecule has 15 heavy (non-hydrogen) atoms. The van der Waals surface area contributed by atoms with E-state index in [1.165, 1.54) is 0 Å². The highest BCUT2D eigenvalue weighted by Gasteiger charge is 2.13. The number of benzene rings is 1. The van der Waals surface area contributed by atoms with Crippen molar-refractivity contribution in [1.82, 2.24) is 0 Å². The van der Waals surface area contributed by atoms with Crippen LogP contribution in [-0.4, -0.2) is 26.1 Å². The van der Waals surface area contributed by atoms with Gasteiger partial charge < -0.3 is 14.2 Å². The van der Waals surface area contributed by atoms with Crippen LogP contribution in [0.5, 0.6) is 5.75 Å². The molecule has 0 spiro atoms. The summed E-state index contributed by atoms with van der Waals surface area (Å²) in [5.41, 5.74) is 0. The van der Waals surface area contributed by atoms with Crippen LogP contribution < -0.4 is 4.74 Å². The van der Waals surface area contributed by atoms with Gasteiger partial charge >= 0.3 is 0 Å². The lowest BCUT2D eigenvalue weighted by molar-refractivity contribution is -0.183. The fourth-order valence-corrected chi connectivity index (χ4v) is 1.49. The van der Waals surface area contributed by atoms with Crippen molar-refractivity contribution in [2.24, 2.45) is 0 Å². The average molecular weight is 208 g/mol. The van der Waals surface area contributed by atoms with Gasteiger partial charge in [-0.1, -0.05) is 18.2 Å². The second-order valence-electron chi connectivity index (χ2n) is 3.47. The lowest BCUT2D eigenvalue weighted by atomic mass is 10.3. The fourth-order valence-electron chi connectivity index (χ4n) is 1.49. The van der Waals surface area contributed by atoms with Crippen LogP contribution in [0.15, 0.2) is 30.3 Å². The summed E-state index contributed by atoms with van der Waals surface area (Å²) in [5, 5.41) is 0. The Kier molecular flexibility index (Phi) is 4.00. The van der Waals surface area contributed by atoms with E-state index in [-0.39, 0.29) is 6.29 Å². The average Bonchev–Trinajstić information content (AvgIpc) is 2.32. The Hall–Kier alpha value is -1.06. The number of hydrogen-bond donors (Lipinski definition) is 0. The van der Waals surface area contributed by atoms with Gasteiger partial charge in [-0.3, -0.25) is 0 Å². The molecule has 0 saturated carbocycles. The summed E-state index contributed by atoms with van der Waals surface area (Å²) in [4.78, 5) is 0. The van der Waals surface area contributed by atoms with Crippen LogP contribution in [0.1, 0.15) is 12.8 Å².